The van der Waals surface area contributed by atoms with Gasteiger partial charge in [0.2, 0.25) is 0 Å². The fourth-order valence-electron chi connectivity index (χ4n) is 1.84. The molecule has 0 aliphatic heterocycles. The van der Waals surface area contributed by atoms with E-state index in [1.165, 1.54) is 24.4 Å². The molecule has 106 valence electrons. The van der Waals surface area contributed by atoms with E-state index in [4.69, 9.17) is 0 Å². The van der Waals surface area contributed by atoms with Gasteiger partial charge in [-0.3, -0.25) is 4.79 Å². The molecule has 0 N–H and O–H groups in total. The summed E-state index contributed by atoms with van der Waals surface area (Å²) in [4.78, 5) is 11.2. The minimum Gasteiger partial charge on any atom is -0.468 e. The Labute approximate surface area is 122 Å². The minimum absolute atomic E-state index is 0.250. The van der Waals surface area contributed by atoms with Gasteiger partial charge in [0.05, 0.1) is 12.9 Å². The molecule has 20 heavy (non-hydrogen) atoms. The molecular weight excluding hydrogens is 274 g/mol. The Bertz CT molecular complexity index is 569. The standard InChI is InChI=1S/C14H17N3O2S/c1-3-17-12(9-11-7-5-4-6-8-11)15-16-14(17)20-10-13(18)19-2/h4-8H,3,9-10H2,1-2H3. The molecule has 1 aromatic heterocycles. The number of hydrogen-bond acceptors (Lipinski definition) is 5. The maximum absolute atomic E-state index is 11.2. The van der Waals surface area contributed by atoms with Gasteiger partial charge in [-0.25, -0.2) is 0 Å². The number of esters is 1. The Hall–Kier alpha value is -1.82. The van der Waals surface area contributed by atoms with Gasteiger partial charge in [0, 0.05) is 13.0 Å². The molecule has 1 aromatic carbocycles. The van der Waals surface area contributed by atoms with Gasteiger partial charge in [0.25, 0.3) is 0 Å². The van der Waals surface area contributed by atoms with Gasteiger partial charge in [-0.1, -0.05) is 42.1 Å². The Balaban J connectivity index is 2.11. The third-order valence-corrected chi connectivity index (χ3v) is 3.80. The second-order valence-electron chi connectivity index (χ2n) is 4.17. The predicted octanol–water partition coefficient (Wildman–Crippen LogP) is 2.15. The summed E-state index contributed by atoms with van der Waals surface area (Å²) in [5.41, 5.74) is 1.19. The van der Waals surface area contributed by atoms with Crippen molar-refractivity contribution in [2.75, 3.05) is 12.9 Å². The van der Waals surface area contributed by atoms with Crippen molar-refractivity contribution in [3.63, 3.8) is 0 Å². The van der Waals surface area contributed by atoms with Crippen molar-refractivity contribution < 1.29 is 9.53 Å². The van der Waals surface area contributed by atoms with Gasteiger partial charge in [0.1, 0.15) is 5.82 Å². The first-order chi connectivity index (χ1) is 9.74. The Morgan fingerprint density at radius 1 is 1.30 bits per heavy atom. The highest BCUT2D eigenvalue weighted by atomic mass is 32.2. The highest BCUT2D eigenvalue weighted by molar-refractivity contribution is 7.99. The molecule has 2 rings (SSSR count). The second-order valence-corrected chi connectivity index (χ2v) is 5.11. The summed E-state index contributed by atoms with van der Waals surface area (Å²) < 4.78 is 6.66. The molecule has 0 bridgehead atoms. The average Bonchev–Trinajstić information content (AvgIpc) is 2.87. The van der Waals surface area contributed by atoms with Crippen LogP contribution in [-0.4, -0.2) is 33.6 Å². The van der Waals surface area contributed by atoms with Gasteiger partial charge in [-0.15, -0.1) is 10.2 Å². The van der Waals surface area contributed by atoms with E-state index in [2.05, 4.69) is 27.1 Å². The van der Waals surface area contributed by atoms with Crippen molar-refractivity contribution in [1.82, 2.24) is 14.8 Å². The first-order valence-corrected chi connectivity index (χ1v) is 7.38. The van der Waals surface area contributed by atoms with E-state index in [0.29, 0.717) is 0 Å². The second kappa shape index (κ2) is 7.09. The maximum Gasteiger partial charge on any atom is 0.316 e. The summed E-state index contributed by atoms with van der Waals surface area (Å²) in [5.74, 6) is 0.899. The summed E-state index contributed by atoms with van der Waals surface area (Å²) >= 11 is 1.35. The lowest BCUT2D eigenvalue weighted by Crippen LogP contribution is -2.07. The third kappa shape index (κ3) is 3.60. The number of ether oxygens (including phenoxy) is 1. The lowest BCUT2D eigenvalue weighted by Gasteiger charge is -2.06. The fourth-order valence-corrected chi connectivity index (χ4v) is 2.69. The summed E-state index contributed by atoms with van der Waals surface area (Å²) in [6, 6.07) is 10.1. The van der Waals surface area contributed by atoms with Crippen LogP contribution in [-0.2, 0) is 22.5 Å². The van der Waals surface area contributed by atoms with Crippen molar-refractivity contribution in [3.8, 4) is 0 Å². The fraction of sp³-hybridized carbons (Fsp3) is 0.357. The molecule has 0 unspecified atom stereocenters. The van der Waals surface area contributed by atoms with Crippen molar-refractivity contribution in [1.29, 1.82) is 0 Å². The number of hydrogen-bond donors (Lipinski definition) is 0. The van der Waals surface area contributed by atoms with Crippen LogP contribution in [0, 0.1) is 0 Å². The van der Waals surface area contributed by atoms with Crippen molar-refractivity contribution in [2.45, 2.75) is 25.0 Å². The average molecular weight is 291 g/mol. The molecule has 0 radical (unpaired) electrons. The lowest BCUT2D eigenvalue weighted by molar-refractivity contribution is -0.137. The molecule has 5 nitrogen and oxygen atoms in total. The number of rotatable bonds is 6. The Morgan fingerprint density at radius 3 is 2.70 bits per heavy atom. The molecule has 0 aliphatic carbocycles. The van der Waals surface area contributed by atoms with Gasteiger partial charge < -0.3 is 9.30 Å². The molecular formula is C14H17N3O2S. The quantitative estimate of drug-likeness (QED) is 0.603. The largest absolute Gasteiger partial charge is 0.468 e. The van der Waals surface area contributed by atoms with Gasteiger partial charge in [0.15, 0.2) is 5.16 Å². The summed E-state index contributed by atoms with van der Waals surface area (Å²) in [6.45, 7) is 2.82. The molecule has 0 aliphatic rings. The van der Waals surface area contributed by atoms with Crippen molar-refractivity contribution in [3.05, 3.63) is 41.7 Å². The first kappa shape index (κ1) is 14.6. The van der Waals surface area contributed by atoms with E-state index in [1.54, 1.807) is 0 Å². The highest BCUT2D eigenvalue weighted by Crippen LogP contribution is 2.18. The maximum atomic E-state index is 11.2. The van der Waals surface area contributed by atoms with E-state index in [9.17, 15) is 4.79 Å². The topological polar surface area (TPSA) is 57.0 Å². The monoisotopic (exact) mass is 291 g/mol. The van der Waals surface area contributed by atoms with Gasteiger partial charge >= 0.3 is 5.97 Å². The van der Waals surface area contributed by atoms with Crippen LogP contribution in [0.1, 0.15) is 18.3 Å². The van der Waals surface area contributed by atoms with E-state index in [1.807, 2.05) is 29.7 Å². The van der Waals surface area contributed by atoms with Crippen LogP contribution in [0.5, 0.6) is 0 Å². The summed E-state index contributed by atoms with van der Waals surface area (Å²) in [5, 5.41) is 9.14. The first-order valence-electron chi connectivity index (χ1n) is 6.40. The molecule has 0 spiro atoms. The van der Waals surface area contributed by atoms with Crippen LogP contribution in [0.15, 0.2) is 35.5 Å². The lowest BCUT2D eigenvalue weighted by atomic mass is 10.1. The Kier molecular flexibility index (Phi) is 5.17. The Morgan fingerprint density at radius 2 is 2.05 bits per heavy atom. The number of methoxy groups -OCH3 is 1. The predicted molar refractivity (Wildman–Crippen MR) is 77.7 cm³/mol. The number of nitrogens with zero attached hydrogens (tertiary/aromatic N) is 3. The number of carbonyl (C=O) groups excluding carboxylic acids is 1. The van der Waals surface area contributed by atoms with Crippen LogP contribution in [0.3, 0.4) is 0 Å². The minimum atomic E-state index is -0.259. The molecule has 6 heteroatoms. The van der Waals surface area contributed by atoms with Crippen LogP contribution < -0.4 is 0 Å². The molecule has 0 amide bonds. The molecule has 1 heterocycles. The van der Waals surface area contributed by atoms with Gasteiger partial charge in [-0.2, -0.15) is 0 Å². The van der Waals surface area contributed by atoms with Crippen molar-refractivity contribution >= 4 is 17.7 Å². The van der Waals surface area contributed by atoms with E-state index >= 15 is 0 Å². The van der Waals surface area contributed by atoms with E-state index < -0.39 is 0 Å². The number of carbonyl (C=O) groups is 1. The molecule has 2 aromatic rings. The zero-order chi connectivity index (χ0) is 14.4. The van der Waals surface area contributed by atoms with Crippen LogP contribution in [0.2, 0.25) is 0 Å². The van der Waals surface area contributed by atoms with E-state index in [0.717, 1.165) is 23.9 Å². The smallest absolute Gasteiger partial charge is 0.316 e. The summed E-state index contributed by atoms with van der Waals surface area (Å²) in [7, 11) is 1.38. The molecule has 0 fully saturated rings. The molecule has 0 saturated carbocycles. The molecule has 0 saturated heterocycles. The normalized spacial score (nSPS) is 10.5. The van der Waals surface area contributed by atoms with Crippen LogP contribution in [0.4, 0.5) is 0 Å². The SMILES string of the molecule is CCn1c(Cc2ccccc2)nnc1SCC(=O)OC. The van der Waals surface area contributed by atoms with Gasteiger partial charge in [-0.05, 0) is 12.5 Å². The number of aromatic nitrogens is 3. The number of thioether (sulfide) groups is 1. The van der Waals surface area contributed by atoms with Crippen LogP contribution >= 0.6 is 11.8 Å². The molecule has 0 atom stereocenters. The third-order valence-electron chi connectivity index (χ3n) is 2.86. The zero-order valence-corrected chi connectivity index (χ0v) is 12.4. The van der Waals surface area contributed by atoms with E-state index in [-0.39, 0.29) is 11.7 Å². The van der Waals surface area contributed by atoms with Crippen LogP contribution in [0.25, 0.3) is 0 Å². The number of benzene rings is 1. The summed E-state index contributed by atoms with van der Waals surface area (Å²) in [6.07, 6.45) is 0.737. The highest BCUT2D eigenvalue weighted by Gasteiger charge is 2.13. The zero-order valence-electron chi connectivity index (χ0n) is 11.6. The van der Waals surface area contributed by atoms with Crippen molar-refractivity contribution in [2.24, 2.45) is 0 Å².